The van der Waals surface area contributed by atoms with Crippen molar-refractivity contribution in [2.75, 3.05) is 19.7 Å². The maximum atomic E-state index is 14.4. The average Bonchev–Trinajstić information content (AvgIpc) is 3.15. The Morgan fingerprint density at radius 3 is 1.52 bits per heavy atom. The van der Waals surface area contributed by atoms with Gasteiger partial charge in [0.15, 0.2) is 0 Å². The third-order valence-electron chi connectivity index (χ3n) is 11.6. The summed E-state index contributed by atoms with van der Waals surface area (Å²) < 4.78 is 7.28. The van der Waals surface area contributed by atoms with Crippen molar-refractivity contribution in [1.82, 2.24) is 9.80 Å². The number of imide groups is 2. The van der Waals surface area contributed by atoms with Crippen molar-refractivity contribution in [3.8, 4) is 5.75 Å². The molecule has 0 bridgehead atoms. The molecular formula is C44H49BrN2O5. The van der Waals surface area contributed by atoms with Crippen LogP contribution in [0.3, 0.4) is 0 Å². The first-order valence-electron chi connectivity index (χ1n) is 19.5. The van der Waals surface area contributed by atoms with Gasteiger partial charge in [-0.3, -0.25) is 29.0 Å². The number of fused-ring (bicyclic) bond motifs is 2. The van der Waals surface area contributed by atoms with Gasteiger partial charge < -0.3 is 4.74 Å². The molecule has 5 aromatic rings. The Morgan fingerprint density at radius 2 is 1.02 bits per heavy atom. The Balaban J connectivity index is 1.47. The minimum absolute atomic E-state index is 0.232. The molecule has 0 radical (unpaired) electrons. The molecule has 0 saturated carbocycles. The van der Waals surface area contributed by atoms with E-state index in [4.69, 9.17) is 4.74 Å². The number of halogens is 1. The molecule has 2 heterocycles. The van der Waals surface area contributed by atoms with Crippen molar-refractivity contribution in [2.24, 2.45) is 11.8 Å². The van der Waals surface area contributed by atoms with Gasteiger partial charge in [-0.15, -0.1) is 0 Å². The predicted molar refractivity (Wildman–Crippen MR) is 213 cm³/mol. The van der Waals surface area contributed by atoms with Gasteiger partial charge in [0, 0.05) is 66.6 Å². The van der Waals surface area contributed by atoms with Gasteiger partial charge in [0.1, 0.15) is 5.75 Å². The lowest BCUT2D eigenvalue weighted by Gasteiger charge is -2.33. The molecule has 7 rings (SSSR count). The van der Waals surface area contributed by atoms with E-state index >= 15 is 0 Å². The number of hydrogen-bond acceptors (Lipinski definition) is 5. The van der Waals surface area contributed by atoms with Crippen LogP contribution in [0.5, 0.6) is 5.75 Å². The van der Waals surface area contributed by atoms with Crippen molar-refractivity contribution in [3.63, 3.8) is 0 Å². The lowest BCUT2D eigenvalue weighted by atomic mass is 9.81. The largest absolute Gasteiger partial charge is 0.493 e. The van der Waals surface area contributed by atoms with Gasteiger partial charge in [-0.2, -0.15) is 0 Å². The highest BCUT2D eigenvalue weighted by Crippen LogP contribution is 2.51. The molecule has 0 N–H and O–H groups in total. The topological polar surface area (TPSA) is 84.0 Å². The number of ether oxygens (including phenoxy) is 1. The number of amides is 4. The first-order valence-corrected chi connectivity index (χ1v) is 20.3. The highest BCUT2D eigenvalue weighted by atomic mass is 79.9. The highest BCUT2D eigenvalue weighted by Gasteiger charge is 2.39. The van der Waals surface area contributed by atoms with Gasteiger partial charge >= 0.3 is 0 Å². The monoisotopic (exact) mass is 764 g/mol. The Morgan fingerprint density at radius 1 is 0.558 bits per heavy atom. The van der Waals surface area contributed by atoms with E-state index in [0.717, 1.165) is 101 Å². The zero-order chi connectivity index (χ0) is 36.8. The molecule has 0 spiro atoms. The molecule has 2 aliphatic rings. The summed E-state index contributed by atoms with van der Waals surface area (Å²) in [5, 5.41) is 6.23. The van der Waals surface area contributed by atoms with E-state index in [0.29, 0.717) is 58.5 Å². The first kappa shape index (κ1) is 36.3. The van der Waals surface area contributed by atoms with Gasteiger partial charge in [0.25, 0.3) is 23.6 Å². The molecule has 0 fully saturated rings. The summed E-state index contributed by atoms with van der Waals surface area (Å²) >= 11 is 3.86. The number of unbranched alkanes of at least 4 members (excludes halogenated alkanes) is 3. The number of rotatable bonds is 16. The van der Waals surface area contributed by atoms with E-state index in [9.17, 15) is 19.2 Å². The van der Waals surface area contributed by atoms with Gasteiger partial charge in [-0.05, 0) is 66.1 Å². The van der Waals surface area contributed by atoms with E-state index < -0.39 is 0 Å². The fourth-order valence-corrected chi connectivity index (χ4v) is 9.24. The van der Waals surface area contributed by atoms with Crippen LogP contribution in [0.25, 0.3) is 43.1 Å². The van der Waals surface area contributed by atoms with Crippen LogP contribution in [0.4, 0.5) is 0 Å². The fraction of sp³-hybridized carbons (Fsp3) is 0.455. The zero-order valence-electron chi connectivity index (χ0n) is 31.1. The Bertz CT molecular complexity index is 2240. The average molecular weight is 766 g/mol. The minimum Gasteiger partial charge on any atom is -0.493 e. The van der Waals surface area contributed by atoms with Gasteiger partial charge in [0.05, 0.1) is 12.2 Å². The number of carbonyl (C=O) groups is 4. The third kappa shape index (κ3) is 5.76. The van der Waals surface area contributed by atoms with Crippen molar-refractivity contribution in [2.45, 2.75) is 98.8 Å². The van der Waals surface area contributed by atoms with Crippen LogP contribution in [-0.4, -0.2) is 53.1 Å². The summed E-state index contributed by atoms with van der Waals surface area (Å²) in [6.07, 6.45) is 9.76. The van der Waals surface area contributed by atoms with Gasteiger partial charge in [-0.1, -0.05) is 108 Å². The summed E-state index contributed by atoms with van der Waals surface area (Å²) in [5.74, 6) is -0.0286. The summed E-state index contributed by atoms with van der Waals surface area (Å²) in [6.45, 7) is 11.9. The standard InChI is InChI=1S/C44H49BrN2O5/c1-6-11-14-25(9-4)23-46-41(48)29-19-17-28-38-34(52-20-13-8-3)22-32-36-30(42(49)47(44(32)51)24-26(10-5)15-12-7-2)18-16-27(40(36)38)37-33(45)21-31(43(46)50)35(29)39(28)37/h16-19,21-22,25-26H,6-15,20,23-24H2,1-5H3. The van der Waals surface area contributed by atoms with Crippen LogP contribution in [0, 0.1) is 11.8 Å². The predicted octanol–water partition coefficient (Wildman–Crippen LogP) is 11.3. The second-order valence-electron chi connectivity index (χ2n) is 14.9. The van der Waals surface area contributed by atoms with Crippen LogP contribution in [0.2, 0.25) is 0 Å². The number of nitrogens with zero attached hydrogens (tertiary/aromatic N) is 2. The van der Waals surface area contributed by atoms with Crippen molar-refractivity contribution >= 4 is 82.6 Å². The molecule has 8 heteroatoms. The van der Waals surface area contributed by atoms with Gasteiger partial charge in [-0.25, -0.2) is 0 Å². The number of hydrogen-bond donors (Lipinski definition) is 0. The van der Waals surface area contributed by atoms with E-state index in [1.807, 2.05) is 36.4 Å². The summed E-state index contributed by atoms with van der Waals surface area (Å²) in [4.78, 5) is 60.0. The second-order valence-corrected chi connectivity index (χ2v) is 15.7. The van der Waals surface area contributed by atoms with E-state index in [1.165, 1.54) is 9.80 Å². The lowest BCUT2D eigenvalue weighted by molar-refractivity contribution is 0.0565. The van der Waals surface area contributed by atoms with Crippen LogP contribution >= 0.6 is 15.9 Å². The Kier molecular flexibility index (Phi) is 10.3. The summed E-state index contributed by atoms with van der Waals surface area (Å²) in [6, 6.07) is 11.3. The summed E-state index contributed by atoms with van der Waals surface area (Å²) in [5.41, 5.74) is 2.01. The van der Waals surface area contributed by atoms with Crippen LogP contribution in [0.1, 0.15) is 140 Å². The molecule has 0 aromatic heterocycles. The molecule has 272 valence electrons. The molecule has 4 amide bonds. The van der Waals surface area contributed by atoms with Gasteiger partial charge in [0.2, 0.25) is 0 Å². The SMILES string of the molecule is CCCCOc1cc2c3c(ccc4c5c(Br)cc6c7c(ccc(c1c34)c75)C(=O)N(CC(CC)CCCC)C6=O)C(=O)N(CC(CC)CCCC)C2=O. The molecule has 52 heavy (non-hydrogen) atoms. The summed E-state index contributed by atoms with van der Waals surface area (Å²) in [7, 11) is 0. The lowest BCUT2D eigenvalue weighted by Crippen LogP contribution is -2.43. The molecule has 7 nitrogen and oxygen atoms in total. The van der Waals surface area contributed by atoms with Crippen molar-refractivity contribution in [1.29, 1.82) is 0 Å². The molecule has 2 atom stereocenters. The van der Waals surface area contributed by atoms with Crippen LogP contribution < -0.4 is 4.74 Å². The molecular weight excluding hydrogens is 716 g/mol. The quantitative estimate of drug-likeness (QED) is 0.0432. The van der Waals surface area contributed by atoms with E-state index in [-0.39, 0.29) is 35.5 Å². The molecule has 0 aliphatic carbocycles. The van der Waals surface area contributed by atoms with Crippen LogP contribution in [-0.2, 0) is 0 Å². The molecule has 2 unspecified atom stereocenters. The first-order chi connectivity index (χ1) is 25.2. The number of carbonyl (C=O) groups excluding carboxylic acids is 4. The van der Waals surface area contributed by atoms with Crippen molar-refractivity contribution < 1.29 is 23.9 Å². The van der Waals surface area contributed by atoms with Crippen molar-refractivity contribution in [3.05, 3.63) is 63.1 Å². The van der Waals surface area contributed by atoms with Crippen LogP contribution in [0.15, 0.2) is 40.9 Å². The maximum Gasteiger partial charge on any atom is 0.261 e. The smallest absolute Gasteiger partial charge is 0.261 e. The molecule has 5 aromatic carbocycles. The fourth-order valence-electron chi connectivity index (χ4n) is 8.60. The zero-order valence-corrected chi connectivity index (χ0v) is 32.7. The Hall–Kier alpha value is -4.04. The second kappa shape index (κ2) is 14.8. The Labute approximate surface area is 314 Å². The van der Waals surface area contributed by atoms with E-state index in [2.05, 4.69) is 50.5 Å². The molecule has 2 aliphatic heterocycles. The molecule has 0 saturated heterocycles. The minimum atomic E-state index is -0.285. The normalized spacial score (nSPS) is 15.7. The van der Waals surface area contributed by atoms with E-state index in [1.54, 1.807) is 0 Å². The number of benzene rings is 5. The third-order valence-corrected chi connectivity index (χ3v) is 12.3. The highest BCUT2D eigenvalue weighted by molar-refractivity contribution is 9.10. The maximum absolute atomic E-state index is 14.4.